The third-order valence-corrected chi connectivity index (χ3v) is 3.63. The largest absolute Gasteiger partial charge is 0.326 e. The molecule has 0 aromatic heterocycles. The van der Waals surface area contributed by atoms with Crippen molar-refractivity contribution >= 4 is 0 Å². The summed E-state index contributed by atoms with van der Waals surface area (Å²) in [4.78, 5) is 2.35. The summed E-state index contributed by atoms with van der Waals surface area (Å²) >= 11 is 0. The van der Waals surface area contributed by atoms with Gasteiger partial charge in [0.15, 0.2) is 0 Å². The summed E-state index contributed by atoms with van der Waals surface area (Å²) in [6.45, 7) is 5.06. The molecule has 1 saturated heterocycles. The normalized spacial score (nSPS) is 25.5. The van der Waals surface area contributed by atoms with E-state index in [0.29, 0.717) is 5.92 Å². The first-order valence-corrected chi connectivity index (χ1v) is 6.16. The summed E-state index contributed by atoms with van der Waals surface area (Å²) in [5.74, 6) is 0.609. The zero-order valence-electron chi connectivity index (χ0n) is 10.3. The molecule has 0 bridgehead atoms. The first kappa shape index (κ1) is 12.1. The Morgan fingerprint density at radius 3 is 2.94 bits per heavy atom. The molecule has 0 radical (unpaired) electrons. The lowest BCUT2D eigenvalue weighted by molar-refractivity contribution is 0.162. The van der Waals surface area contributed by atoms with Crippen LogP contribution in [0.1, 0.15) is 24.5 Å². The Hall–Kier alpha value is -1.37. The number of piperidine rings is 1. The van der Waals surface area contributed by atoms with Gasteiger partial charge in [-0.05, 0) is 30.5 Å². The molecule has 0 amide bonds. The van der Waals surface area contributed by atoms with E-state index in [-0.39, 0.29) is 6.04 Å². The van der Waals surface area contributed by atoms with Gasteiger partial charge in [-0.25, -0.2) is 0 Å². The lowest BCUT2D eigenvalue weighted by Crippen LogP contribution is -2.47. The molecule has 0 spiro atoms. The van der Waals surface area contributed by atoms with Gasteiger partial charge in [-0.15, -0.1) is 0 Å². The molecular formula is C14H19N3. The van der Waals surface area contributed by atoms with Crippen molar-refractivity contribution in [3.05, 3.63) is 35.4 Å². The van der Waals surface area contributed by atoms with Crippen LogP contribution in [-0.4, -0.2) is 24.0 Å². The van der Waals surface area contributed by atoms with Gasteiger partial charge in [-0.2, -0.15) is 5.26 Å². The van der Waals surface area contributed by atoms with Crippen molar-refractivity contribution in [2.24, 2.45) is 11.7 Å². The molecule has 2 N–H and O–H groups in total. The number of likely N-dealkylation sites (tertiary alicyclic amines) is 1. The van der Waals surface area contributed by atoms with Gasteiger partial charge in [0.1, 0.15) is 0 Å². The SMILES string of the molecule is CC1CCN(Cc2ccccc2C#N)CC1N. The van der Waals surface area contributed by atoms with Gasteiger partial charge in [-0.1, -0.05) is 25.1 Å². The van der Waals surface area contributed by atoms with Crippen LogP contribution < -0.4 is 5.73 Å². The smallest absolute Gasteiger partial charge is 0.0995 e. The van der Waals surface area contributed by atoms with Crippen molar-refractivity contribution in [1.29, 1.82) is 5.26 Å². The first-order valence-electron chi connectivity index (χ1n) is 6.16. The van der Waals surface area contributed by atoms with Gasteiger partial charge in [0.2, 0.25) is 0 Å². The van der Waals surface area contributed by atoms with Gasteiger partial charge in [0.25, 0.3) is 0 Å². The highest BCUT2D eigenvalue weighted by Crippen LogP contribution is 2.18. The number of nitrogens with zero attached hydrogens (tertiary/aromatic N) is 2. The fraction of sp³-hybridized carbons (Fsp3) is 0.500. The zero-order chi connectivity index (χ0) is 12.3. The number of benzene rings is 1. The van der Waals surface area contributed by atoms with Gasteiger partial charge in [-0.3, -0.25) is 4.90 Å². The standard InChI is InChI=1S/C14H19N3/c1-11-6-7-17(10-14(11)16)9-13-5-3-2-4-12(13)8-15/h2-5,11,14H,6-7,9-10,16H2,1H3. The highest BCUT2D eigenvalue weighted by Gasteiger charge is 2.23. The molecule has 90 valence electrons. The number of nitrogens with two attached hydrogens (primary N) is 1. The summed E-state index contributed by atoms with van der Waals surface area (Å²) in [5.41, 5.74) is 7.97. The van der Waals surface area contributed by atoms with E-state index in [4.69, 9.17) is 11.0 Å². The minimum Gasteiger partial charge on any atom is -0.326 e. The molecule has 3 heteroatoms. The molecule has 2 atom stereocenters. The van der Waals surface area contributed by atoms with Gasteiger partial charge >= 0.3 is 0 Å². The van der Waals surface area contributed by atoms with E-state index in [1.807, 2.05) is 24.3 Å². The third-order valence-electron chi connectivity index (χ3n) is 3.63. The average Bonchev–Trinajstić information content (AvgIpc) is 2.34. The second-order valence-corrected chi connectivity index (χ2v) is 4.93. The van der Waals surface area contributed by atoms with Crippen LogP contribution in [0.5, 0.6) is 0 Å². The van der Waals surface area contributed by atoms with Crippen LogP contribution in [0.25, 0.3) is 0 Å². The van der Waals surface area contributed by atoms with E-state index in [1.54, 1.807) is 0 Å². The van der Waals surface area contributed by atoms with Gasteiger partial charge < -0.3 is 5.73 Å². The first-order chi connectivity index (χ1) is 8.20. The monoisotopic (exact) mass is 229 g/mol. The van der Waals surface area contributed by atoms with E-state index < -0.39 is 0 Å². The lowest BCUT2D eigenvalue weighted by Gasteiger charge is -2.35. The Labute approximate surface area is 103 Å². The predicted octanol–water partition coefficient (Wildman–Crippen LogP) is 1.73. The van der Waals surface area contributed by atoms with Crippen molar-refractivity contribution in [3.8, 4) is 6.07 Å². The second-order valence-electron chi connectivity index (χ2n) is 4.93. The second kappa shape index (κ2) is 5.31. The minimum atomic E-state index is 0.262. The Kier molecular flexibility index (Phi) is 3.78. The summed E-state index contributed by atoms with van der Waals surface area (Å²) in [6, 6.07) is 10.3. The Balaban J connectivity index is 2.04. The van der Waals surface area contributed by atoms with Crippen molar-refractivity contribution in [1.82, 2.24) is 4.90 Å². The maximum Gasteiger partial charge on any atom is 0.0995 e. The van der Waals surface area contributed by atoms with Crippen LogP contribution in [0.3, 0.4) is 0 Å². The van der Waals surface area contributed by atoms with Crippen molar-refractivity contribution in [2.75, 3.05) is 13.1 Å². The number of hydrogen-bond donors (Lipinski definition) is 1. The third kappa shape index (κ3) is 2.85. The van der Waals surface area contributed by atoms with E-state index in [2.05, 4.69) is 17.9 Å². The fourth-order valence-electron chi connectivity index (χ4n) is 2.32. The highest BCUT2D eigenvalue weighted by atomic mass is 15.1. The molecule has 0 saturated carbocycles. The molecule has 0 aliphatic carbocycles. The molecule has 2 unspecified atom stereocenters. The predicted molar refractivity (Wildman–Crippen MR) is 68.2 cm³/mol. The van der Waals surface area contributed by atoms with Crippen LogP contribution in [-0.2, 0) is 6.54 Å². The van der Waals surface area contributed by atoms with Gasteiger partial charge in [0, 0.05) is 19.1 Å². The maximum atomic E-state index is 9.05. The summed E-state index contributed by atoms with van der Waals surface area (Å²) in [6.07, 6.45) is 1.15. The quantitative estimate of drug-likeness (QED) is 0.840. The molecule has 2 rings (SSSR count). The molecule has 17 heavy (non-hydrogen) atoms. The van der Waals surface area contributed by atoms with E-state index in [9.17, 15) is 0 Å². The molecular weight excluding hydrogens is 210 g/mol. The van der Waals surface area contributed by atoms with Crippen molar-refractivity contribution in [3.63, 3.8) is 0 Å². The Bertz CT molecular complexity index is 422. The molecule has 1 aromatic rings. The minimum absolute atomic E-state index is 0.262. The van der Waals surface area contributed by atoms with Crippen LogP contribution in [0.2, 0.25) is 0 Å². The molecule has 1 fully saturated rings. The van der Waals surface area contributed by atoms with Crippen molar-refractivity contribution < 1.29 is 0 Å². The number of rotatable bonds is 2. The topological polar surface area (TPSA) is 53.0 Å². The van der Waals surface area contributed by atoms with Crippen LogP contribution >= 0.6 is 0 Å². The Morgan fingerprint density at radius 2 is 2.24 bits per heavy atom. The number of hydrogen-bond acceptors (Lipinski definition) is 3. The zero-order valence-corrected chi connectivity index (χ0v) is 10.3. The van der Waals surface area contributed by atoms with Crippen LogP contribution in [0.15, 0.2) is 24.3 Å². The molecule has 1 aromatic carbocycles. The van der Waals surface area contributed by atoms with Crippen molar-refractivity contribution in [2.45, 2.75) is 25.9 Å². The maximum absolute atomic E-state index is 9.05. The lowest BCUT2D eigenvalue weighted by atomic mass is 9.94. The summed E-state index contributed by atoms with van der Waals surface area (Å²) in [7, 11) is 0. The summed E-state index contributed by atoms with van der Waals surface area (Å²) < 4.78 is 0. The fourth-order valence-corrected chi connectivity index (χ4v) is 2.32. The average molecular weight is 229 g/mol. The molecule has 1 aliphatic rings. The Morgan fingerprint density at radius 1 is 1.47 bits per heavy atom. The van der Waals surface area contributed by atoms with E-state index in [1.165, 1.54) is 0 Å². The van der Waals surface area contributed by atoms with Crippen LogP contribution in [0.4, 0.5) is 0 Å². The molecule has 3 nitrogen and oxygen atoms in total. The number of nitriles is 1. The molecule has 1 aliphatic heterocycles. The van der Waals surface area contributed by atoms with Gasteiger partial charge in [0.05, 0.1) is 11.6 Å². The summed E-state index contributed by atoms with van der Waals surface area (Å²) in [5, 5.41) is 9.05. The van der Waals surface area contributed by atoms with E-state index >= 15 is 0 Å². The van der Waals surface area contributed by atoms with Crippen LogP contribution in [0, 0.1) is 17.2 Å². The highest BCUT2D eigenvalue weighted by molar-refractivity contribution is 5.37. The van der Waals surface area contributed by atoms with E-state index in [0.717, 1.165) is 37.2 Å². The molecule has 1 heterocycles.